The SMILES string of the molecule is CCNC(=O)NC(=O)COC(=O)c1cccc(S(=O)(=O)N(C)c2ccc(C)cc2)c1. The summed E-state index contributed by atoms with van der Waals surface area (Å²) in [5, 5.41) is 4.36. The van der Waals surface area contributed by atoms with Crippen LogP contribution in [-0.4, -0.2) is 46.5 Å². The smallest absolute Gasteiger partial charge is 0.338 e. The van der Waals surface area contributed by atoms with Crippen LogP contribution in [-0.2, 0) is 19.6 Å². The van der Waals surface area contributed by atoms with Crippen molar-refractivity contribution < 1.29 is 27.5 Å². The van der Waals surface area contributed by atoms with Crippen LogP contribution in [0.25, 0.3) is 0 Å². The zero-order valence-corrected chi connectivity index (χ0v) is 17.7. The Morgan fingerprint density at radius 2 is 1.73 bits per heavy atom. The standard InChI is InChI=1S/C20H23N3O6S/c1-4-21-20(26)22-18(24)13-29-19(25)15-6-5-7-17(12-15)30(27,28)23(3)16-10-8-14(2)9-11-16/h5-12H,4,13H2,1-3H3,(H2,21,22,24,26). The molecular formula is C20H23N3O6S. The van der Waals surface area contributed by atoms with Crippen molar-refractivity contribution in [3.05, 3.63) is 59.7 Å². The number of nitrogens with zero attached hydrogens (tertiary/aromatic N) is 1. The van der Waals surface area contributed by atoms with E-state index in [-0.39, 0.29) is 10.5 Å². The third-order valence-electron chi connectivity index (χ3n) is 4.05. The Morgan fingerprint density at radius 3 is 2.37 bits per heavy atom. The van der Waals surface area contributed by atoms with E-state index in [1.54, 1.807) is 31.2 Å². The van der Waals surface area contributed by atoms with E-state index in [1.807, 2.05) is 12.2 Å². The van der Waals surface area contributed by atoms with E-state index >= 15 is 0 Å². The highest BCUT2D eigenvalue weighted by Gasteiger charge is 2.23. The molecule has 160 valence electrons. The first-order chi connectivity index (χ1) is 14.1. The van der Waals surface area contributed by atoms with Gasteiger partial charge in [0.05, 0.1) is 16.1 Å². The molecule has 2 rings (SSSR count). The summed E-state index contributed by atoms with van der Waals surface area (Å²) in [6, 6.07) is 11.5. The van der Waals surface area contributed by atoms with Crippen molar-refractivity contribution in [3.8, 4) is 0 Å². The highest BCUT2D eigenvalue weighted by Crippen LogP contribution is 2.23. The third kappa shape index (κ3) is 5.80. The molecule has 0 fully saturated rings. The number of aryl methyl sites for hydroxylation is 1. The van der Waals surface area contributed by atoms with E-state index in [1.165, 1.54) is 31.3 Å². The molecule has 2 aromatic carbocycles. The fourth-order valence-corrected chi connectivity index (χ4v) is 3.66. The molecule has 0 saturated carbocycles. The molecule has 0 atom stereocenters. The second-order valence-corrected chi connectivity index (χ2v) is 8.29. The number of hydrogen-bond acceptors (Lipinski definition) is 6. The Hall–Kier alpha value is -3.40. The van der Waals surface area contributed by atoms with E-state index in [4.69, 9.17) is 4.74 Å². The van der Waals surface area contributed by atoms with E-state index in [9.17, 15) is 22.8 Å². The van der Waals surface area contributed by atoms with E-state index in [0.29, 0.717) is 12.2 Å². The molecule has 0 aromatic heterocycles. The first-order valence-electron chi connectivity index (χ1n) is 9.05. The van der Waals surface area contributed by atoms with Gasteiger partial charge in [0.2, 0.25) is 0 Å². The third-order valence-corrected chi connectivity index (χ3v) is 5.83. The molecule has 0 spiro atoms. The first-order valence-corrected chi connectivity index (χ1v) is 10.5. The Morgan fingerprint density at radius 1 is 1.07 bits per heavy atom. The van der Waals surface area contributed by atoms with Gasteiger partial charge in [0.15, 0.2) is 6.61 Å². The largest absolute Gasteiger partial charge is 0.452 e. The quantitative estimate of drug-likeness (QED) is 0.643. The summed E-state index contributed by atoms with van der Waals surface area (Å²) in [6.07, 6.45) is 0. The number of imide groups is 1. The van der Waals surface area contributed by atoms with Crippen LogP contribution in [0.4, 0.5) is 10.5 Å². The number of ether oxygens (including phenoxy) is 1. The fourth-order valence-electron chi connectivity index (χ4n) is 2.42. The number of anilines is 1. The van der Waals surface area contributed by atoms with Crippen molar-refractivity contribution in [2.75, 3.05) is 24.5 Å². The molecular weight excluding hydrogens is 410 g/mol. The van der Waals surface area contributed by atoms with Crippen molar-refractivity contribution in [3.63, 3.8) is 0 Å². The Labute approximate surface area is 175 Å². The molecule has 2 aromatic rings. The zero-order valence-electron chi connectivity index (χ0n) is 16.8. The van der Waals surface area contributed by atoms with E-state index < -0.39 is 34.5 Å². The van der Waals surface area contributed by atoms with Gasteiger partial charge in [-0.1, -0.05) is 23.8 Å². The lowest BCUT2D eigenvalue weighted by Gasteiger charge is -2.20. The zero-order chi connectivity index (χ0) is 22.3. The molecule has 3 amide bonds. The molecule has 0 aliphatic heterocycles. The Balaban J connectivity index is 2.11. The molecule has 0 aliphatic carbocycles. The number of urea groups is 1. The molecule has 0 radical (unpaired) electrons. The normalized spacial score (nSPS) is 10.8. The van der Waals surface area contributed by atoms with Crippen LogP contribution in [0.3, 0.4) is 0 Å². The summed E-state index contributed by atoms with van der Waals surface area (Å²) >= 11 is 0. The average Bonchev–Trinajstić information content (AvgIpc) is 2.72. The fraction of sp³-hybridized carbons (Fsp3) is 0.250. The molecule has 10 heteroatoms. The van der Waals surface area contributed by atoms with E-state index in [0.717, 1.165) is 9.87 Å². The minimum atomic E-state index is -3.92. The maximum atomic E-state index is 12.9. The van der Waals surface area contributed by atoms with Gasteiger partial charge in [0, 0.05) is 13.6 Å². The minimum Gasteiger partial charge on any atom is -0.452 e. The molecule has 0 heterocycles. The minimum absolute atomic E-state index is 0.0424. The van der Waals surface area contributed by atoms with Gasteiger partial charge >= 0.3 is 12.0 Å². The molecule has 0 saturated heterocycles. The average molecular weight is 433 g/mol. The number of nitrogens with one attached hydrogen (secondary N) is 2. The van der Waals surface area contributed by atoms with Gasteiger partial charge in [0.1, 0.15) is 0 Å². The second kappa shape index (κ2) is 9.88. The maximum Gasteiger partial charge on any atom is 0.338 e. The summed E-state index contributed by atoms with van der Waals surface area (Å²) in [5.41, 5.74) is 1.42. The van der Waals surface area contributed by atoms with Crippen LogP contribution in [0, 0.1) is 6.92 Å². The van der Waals surface area contributed by atoms with Crippen LogP contribution >= 0.6 is 0 Å². The Kier molecular flexibility index (Phi) is 7.54. The van der Waals surface area contributed by atoms with Crippen LogP contribution in [0.1, 0.15) is 22.8 Å². The number of sulfonamides is 1. The van der Waals surface area contributed by atoms with Gasteiger partial charge < -0.3 is 10.1 Å². The van der Waals surface area contributed by atoms with Gasteiger partial charge in [-0.2, -0.15) is 0 Å². The van der Waals surface area contributed by atoms with Crippen LogP contribution in [0.15, 0.2) is 53.4 Å². The molecule has 0 unspecified atom stereocenters. The first kappa shape index (κ1) is 22.9. The number of hydrogen-bond donors (Lipinski definition) is 2. The van der Waals surface area contributed by atoms with Crippen molar-refractivity contribution in [1.82, 2.24) is 10.6 Å². The van der Waals surface area contributed by atoms with Gasteiger partial charge in [-0.25, -0.2) is 18.0 Å². The van der Waals surface area contributed by atoms with Crippen molar-refractivity contribution >= 4 is 33.6 Å². The highest BCUT2D eigenvalue weighted by molar-refractivity contribution is 7.92. The maximum absolute atomic E-state index is 12.9. The van der Waals surface area contributed by atoms with Crippen LogP contribution in [0.5, 0.6) is 0 Å². The highest BCUT2D eigenvalue weighted by atomic mass is 32.2. The second-order valence-electron chi connectivity index (χ2n) is 6.32. The van der Waals surface area contributed by atoms with Gasteiger partial charge in [-0.3, -0.25) is 14.4 Å². The van der Waals surface area contributed by atoms with Crippen LogP contribution in [0.2, 0.25) is 0 Å². The number of benzene rings is 2. The monoisotopic (exact) mass is 433 g/mol. The summed E-state index contributed by atoms with van der Waals surface area (Å²) in [6.45, 7) is 3.22. The summed E-state index contributed by atoms with van der Waals surface area (Å²) < 4.78 is 31.8. The van der Waals surface area contributed by atoms with E-state index in [2.05, 4.69) is 5.32 Å². The lowest BCUT2D eigenvalue weighted by atomic mass is 10.2. The van der Waals surface area contributed by atoms with Gasteiger partial charge in [0.25, 0.3) is 15.9 Å². The summed E-state index contributed by atoms with van der Waals surface area (Å²) in [7, 11) is -2.51. The topological polar surface area (TPSA) is 122 Å². The number of carbonyl (C=O) groups is 3. The number of carbonyl (C=O) groups excluding carboxylic acids is 3. The molecule has 9 nitrogen and oxygen atoms in total. The number of rotatable bonds is 7. The predicted octanol–water partition coefficient (Wildman–Crippen LogP) is 1.82. The summed E-state index contributed by atoms with van der Waals surface area (Å²) in [5.74, 6) is -1.70. The van der Waals surface area contributed by atoms with Crippen molar-refractivity contribution in [1.29, 1.82) is 0 Å². The lowest BCUT2D eigenvalue weighted by Crippen LogP contribution is -2.41. The van der Waals surface area contributed by atoms with Gasteiger partial charge in [-0.05, 0) is 44.2 Å². The number of esters is 1. The van der Waals surface area contributed by atoms with Crippen LogP contribution < -0.4 is 14.9 Å². The Bertz CT molecular complexity index is 1030. The molecule has 30 heavy (non-hydrogen) atoms. The van der Waals surface area contributed by atoms with Crippen molar-refractivity contribution in [2.24, 2.45) is 0 Å². The summed E-state index contributed by atoms with van der Waals surface area (Å²) in [4.78, 5) is 35.0. The number of amides is 3. The lowest BCUT2D eigenvalue weighted by molar-refractivity contribution is -0.123. The molecule has 0 bridgehead atoms. The predicted molar refractivity (Wildman–Crippen MR) is 111 cm³/mol. The van der Waals surface area contributed by atoms with Crippen molar-refractivity contribution in [2.45, 2.75) is 18.7 Å². The van der Waals surface area contributed by atoms with Gasteiger partial charge in [-0.15, -0.1) is 0 Å². The molecule has 2 N–H and O–H groups in total. The molecule has 0 aliphatic rings.